The van der Waals surface area contributed by atoms with Crippen LogP contribution >= 0.6 is 0 Å². The topological polar surface area (TPSA) is 65.3 Å². The summed E-state index contributed by atoms with van der Waals surface area (Å²) < 4.78 is 23.4. The molecule has 6 nitrogen and oxygen atoms in total. The van der Waals surface area contributed by atoms with E-state index in [0.29, 0.717) is 6.42 Å². The standard InChI is InChI=1S/C21H20N4O2S/c1-16-13-15-24(17-6-4-3-5-7-17)23-21(16)20-12-14-22-25(20)18-8-10-19(11-9-18)28(2,26)27/h3-11,13-15,20H,1,12H2,2H3. The van der Waals surface area contributed by atoms with E-state index in [2.05, 4.69) is 11.7 Å². The molecule has 0 amide bonds. The Morgan fingerprint density at radius 3 is 2.43 bits per heavy atom. The number of allylic oxidation sites excluding steroid dienone is 1. The summed E-state index contributed by atoms with van der Waals surface area (Å²) in [6.07, 6.45) is 7.57. The first-order chi connectivity index (χ1) is 13.4. The highest BCUT2D eigenvalue weighted by molar-refractivity contribution is 7.90. The van der Waals surface area contributed by atoms with Crippen LogP contribution in [-0.2, 0) is 9.84 Å². The molecule has 2 aromatic rings. The van der Waals surface area contributed by atoms with Crippen LogP contribution in [-0.4, -0.2) is 32.6 Å². The molecule has 0 radical (unpaired) electrons. The van der Waals surface area contributed by atoms with E-state index < -0.39 is 9.84 Å². The van der Waals surface area contributed by atoms with Crippen molar-refractivity contribution in [2.24, 2.45) is 10.2 Å². The Kier molecular flexibility index (Phi) is 4.60. The quantitative estimate of drug-likeness (QED) is 0.797. The molecule has 0 saturated carbocycles. The molecule has 0 spiro atoms. The van der Waals surface area contributed by atoms with Crippen molar-refractivity contribution < 1.29 is 8.42 Å². The van der Waals surface area contributed by atoms with Gasteiger partial charge in [0, 0.05) is 25.1 Å². The smallest absolute Gasteiger partial charge is 0.175 e. The van der Waals surface area contributed by atoms with Crippen molar-refractivity contribution in [2.45, 2.75) is 17.4 Å². The molecule has 28 heavy (non-hydrogen) atoms. The SMILES string of the molecule is C=C1C=CN(c2ccccc2)N=C1C1CC=NN1c1ccc(S(C)(=O)=O)cc1. The Labute approximate surface area is 164 Å². The van der Waals surface area contributed by atoms with E-state index in [4.69, 9.17) is 5.10 Å². The lowest BCUT2D eigenvalue weighted by molar-refractivity contribution is 0.602. The molecule has 4 rings (SSSR count). The summed E-state index contributed by atoms with van der Waals surface area (Å²) in [6.45, 7) is 4.14. The first-order valence-electron chi connectivity index (χ1n) is 8.85. The second kappa shape index (κ2) is 7.09. The summed E-state index contributed by atoms with van der Waals surface area (Å²) >= 11 is 0. The number of sulfone groups is 1. The Morgan fingerprint density at radius 1 is 1.04 bits per heavy atom. The highest BCUT2D eigenvalue weighted by Crippen LogP contribution is 2.29. The fourth-order valence-corrected chi connectivity index (χ4v) is 3.83. The van der Waals surface area contributed by atoms with Crippen LogP contribution < -0.4 is 10.0 Å². The lowest BCUT2D eigenvalue weighted by Gasteiger charge is -2.29. The number of para-hydroxylation sites is 1. The molecule has 0 fully saturated rings. The van der Waals surface area contributed by atoms with Crippen molar-refractivity contribution in [1.29, 1.82) is 0 Å². The van der Waals surface area contributed by atoms with Crippen LogP contribution in [0.1, 0.15) is 6.42 Å². The molecule has 0 bridgehead atoms. The van der Waals surface area contributed by atoms with E-state index in [1.165, 1.54) is 6.26 Å². The molecule has 2 aromatic carbocycles. The lowest BCUT2D eigenvalue weighted by Crippen LogP contribution is -2.37. The number of nitrogens with zero attached hydrogens (tertiary/aromatic N) is 4. The Morgan fingerprint density at radius 2 is 1.75 bits per heavy atom. The van der Waals surface area contributed by atoms with Gasteiger partial charge in [0.15, 0.2) is 9.84 Å². The molecular formula is C21H20N4O2S. The van der Waals surface area contributed by atoms with E-state index >= 15 is 0 Å². The molecule has 0 aromatic heterocycles. The predicted molar refractivity (Wildman–Crippen MR) is 114 cm³/mol. The van der Waals surface area contributed by atoms with Crippen LogP contribution in [0, 0.1) is 0 Å². The monoisotopic (exact) mass is 392 g/mol. The number of hydrogen-bond acceptors (Lipinski definition) is 6. The third-order valence-electron chi connectivity index (χ3n) is 4.66. The molecule has 2 aliphatic heterocycles. The number of hydrazone groups is 2. The van der Waals surface area contributed by atoms with Gasteiger partial charge in [-0.2, -0.15) is 10.2 Å². The van der Waals surface area contributed by atoms with E-state index in [1.54, 1.807) is 24.3 Å². The first-order valence-corrected chi connectivity index (χ1v) is 10.7. The molecule has 1 atom stereocenters. The van der Waals surface area contributed by atoms with Gasteiger partial charge in [-0.25, -0.2) is 13.4 Å². The molecule has 1 unspecified atom stereocenters. The number of rotatable bonds is 4. The minimum absolute atomic E-state index is 0.104. The Hall–Kier alpha value is -3.19. The molecule has 0 N–H and O–H groups in total. The summed E-state index contributed by atoms with van der Waals surface area (Å²) in [7, 11) is -3.23. The van der Waals surface area contributed by atoms with E-state index in [0.717, 1.165) is 22.7 Å². The second-order valence-electron chi connectivity index (χ2n) is 6.67. The van der Waals surface area contributed by atoms with E-state index in [-0.39, 0.29) is 10.9 Å². The Bertz CT molecular complexity index is 1090. The minimum Gasteiger partial charge on any atom is -0.256 e. The van der Waals surface area contributed by atoms with Gasteiger partial charge < -0.3 is 0 Å². The Balaban J connectivity index is 1.64. The summed E-state index contributed by atoms with van der Waals surface area (Å²) in [5.74, 6) is 0. The molecule has 142 valence electrons. The summed E-state index contributed by atoms with van der Waals surface area (Å²) in [5, 5.41) is 13.0. The van der Waals surface area contributed by atoms with Crippen molar-refractivity contribution in [2.75, 3.05) is 16.3 Å². The van der Waals surface area contributed by atoms with Gasteiger partial charge in [0.25, 0.3) is 0 Å². The zero-order chi connectivity index (χ0) is 19.7. The third-order valence-corrected chi connectivity index (χ3v) is 5.79. The van der Waals surface area contributed by atoms with Gasteiger partial charge in [-0.3, -0.25) is 5.01 Å². The van der Waals surface area contributed by atoms with Crippen LogP contribution in [0.2, 0.25) is 0 Å². The normalized spacial score (nSPS) is 19.2. The molecule has 2 aliphatic rings. The highest BCUT2D eigenvalue weighted by Gasteiger charge is 2.30. The lowest BCUT2D eigenvalue weighted by atomic mass is 10.0. The van der Waals surface area contributed by atoms with Gasteiger partial charge >= 0.3 is 0 Å². The molecule has 7 heteroatoms. The molecular weight excluding hydrogens is 372 g/mol. The van der Waals surface area contributed by atoms with Crippen molar-refractivity contribution >= 4 is 33.1 Å². The van der Waals surface area contributed by atoms with Crippen molar-refractivity contribution in [3.63, 3.8) is 0 Å². The number of anilines is 2. The largest absolute Gasteiger partial charge is 0.256 e. The summed E-state index contributed by atoms with van der Waals surface area (Å²) in [4.78, 5) is 0.286. The zero-order valence-electron chi connectivity index (χ0n) is 15.4. The van der Waals surface area contributed by atoms with Gasteiger partial charge in [0.05, 0.1) is 22.0 Å². The number of benzene rings is 2. The highest BCUT2D eigenvalue weighted by atomic mass is 32.2. The van der Waals surface area contributed by atoms with Crippen molar-refractivity contribution in [3.8, 4) is 0 Å². The van der Waals surface area contributed by atoms with Crippen LogP contribution in [0.5, 0.6) is 0 Å². The second-order valence-corrected chi connectivity index (χ2v) is 8.68. The zero-order valence-corrected chi connectivity index (χ0v) is 16.2. The summed E-state index contributed by atoms with van der Waals surface area (Å²) in [6, 6.07) is 16.5. The van der Waals surface area contributed by atoms with Gasteiger partial charge in [0.2, 0.25) is 0 Å². The van der Waals surface area contributed by atoms with Gasteiger partial charge in [-0.05, 0) is 48.0 Å². The fourth-order valence-electron chi connectivity index (χ4n) is 3.20. The van der Waals surface area contributed by atoms with Gasteiger partial charge in [0.1, 0.15) is 6.04 Å². The third kappa shape index (κ3) is 3.48. The first kappa shape index (κ1) is 18.2. The van der Waals surface area contributed by atoms with Crippen LogP contribution in [0.3, 0.4) is 0 Å². The molecule has 0 aliphatic carbocycles. The minimum atomic E-state index is -3.23. The maximum absolute atomic E-state index is 11.7. The van der Waals surface area contributed by atoms with Gasteiger partial charge in [-0.15, -0.1) is 0 Å². The maximum atomic E-state index is 11.7. The van der Waals surface area contributed by atoms with E-state index in [1.807, 2.05) is 58.8 Å². The average molecular weight is 392 g/mol. The van der Waals surface area contributed by atoms with Crippen LogP contribution in [0.15, 0.2) is 94.1 Å². The molecule has 0 saturated heterocycles. The van der Waals surface area contributed by atoms with Crippen LogP contribution in [0.4, 0.5) is 11.4 Å². The average Bonchev–Trinajstić information content (AvgIpc) is 3.18. The predicted octanol–water partition coefficient (Wildman–Crippen LogP) is 3.60. The maximum Gasteiger partial charge on any atom is 0.175 e. The van der Waals surface area contributed by atoms with E-state index in [9.17, 15) is 8.42 Å². The van der Waals surface area contributed by atoms with Crippen LogP contribution in [0.25, 0.3) is 0 Å². The summed E-state index contributed by atoms with van der Waals surface area (Å²) in [5.41, 5.74) is 3.44. The number of hydrogen-bond donors (Lipinski definition) is 0. The fraction of sp³-hybridized carbons (Fsp3) is 0.143. The van der Waals surface area contributed by atoms with Crippen molar-refractivity contribution in [1.82, 2.24) is 0 Å². The molecule has 2 heterocycles. The van der Waals surface area contributed by atoms with Crippen molar-refractivity contribution in [3.05, 3.63) is 79.0 Å². The van der Waals surface area contributed by atoms with Gasteiger partial charge in [-0.1, -0.05) is 24.8 Å².